The van der Waals surface area contributed by atoms with Crippen molar-refractivity contribution in [2.45, 2.75) is 18.4 Å². The third-order valence-corrected chi connectivity index (χ3v) is 5.56. The van der Waals surface area contributed by atoms with Gasteiger partial charge in [-0.25, -0.2) is 13.1 Å². The minimum atomic E-state index is -3.83. The monoisotopic (exact) mass is 346 g/mol. The van der Waals surface area contributed by atoms with Gasteiger partial charge in [-0.2, -0.15) is 0 Å². The van der Waals surface area contributed by atoms with E-state index in [1.165, 1.54) is 23.5 Å². The van der Waals surface area contributed by atoms with Crippen molar-refractivity contribution in [3.8, 4) is 0 Å². The van der Waals surface area contributed by atoms with Gasteiger partial charge >= 0.3 is 0 Å². The summed E-state index contributed by atoms with van der Waals surface area (Å²) in [6.45, 7) is 2.02. The summed E-state index contributed by atoms with van der Waals surface area (Å²) in [5.74, 6) is 0. The van der Waals surface area contributed by atoms with E-state index >= 15 is 0 Å². The minimum absolute atomic E-state index is 0.104. The molecule has 0 unspecified atom stereocenters. The standard InChI is InChI=1S/C12H11ClN2O4S2/c1-8-4-5-20-12(8)7-14-21(18,19)9-2-3-10(13)11(6-9)15(16)17/h2-6,14H,7H2,1H3. The summed E-state index contributed by atoms with van der Waals surface area (Å²) in [5.41, 5.74) is 0.552. The number of hydrogen-bond donors (Lipinski definition) is 1. The molecule has 112 valence electrons. The number of rotatable bonds is 5. The fraction of sp³-hybridized carbons (Fsp3) is 0.167. The molecule has 1 aromatic heterocycles. The molecule has 0 saturated heterocycles. The van der Waals surface area contributed by atoms with Crippen molar-refractivity contribution in [2.24, 2.45) is 0 Å². The van der Waals surface area contributed by atoms with E-state index in [1.54, 1.807) is 0 Å². The fourth-order valence-corrected chi connectivity index (χ4v) is 3.77. The lowest BCUT2D eigenvalue weighted by Crippen LogP contribution is -2.23. The molecule has 1 N–H and O–H groups in total. The highest BCUT2D eigenvalue weighted by Crippen LogP contribution is 2.27. The van der Waals surface area contributed by atoms with Crippen LogP contribution in [0, 0.1) is 17.0 Å². The van der Waals surface area contributed by atoms with Crippen molar-refractivity contribution in [3.63, 3.8) is 0 Å². The second-order valence-corrected chi connectivity index (χ2v) is 7.40. The van der Waals surface area contributed by atoms with Crippen LogP contribution in [0.25, 0.3) is 0 Å². The Balaban J connectivity index is 2.26. The van der Waals surface area contributed by atoms with Gasteiger partial charge in [0.1, 0.15) is 5.02 Å². The quantitative estimate of drug-likeness (QED) is 0.665. The molecule has 0 spiro atoms. The predicted octanol–water partition coefficient (Wildman–Crippen LogP) is 3.10. The molecule has 1 aromatic carbocycles. The van der Waals surface area contributed by atoms with E-state index in [4.69, 9.17) is 11.6 Å². The molecule has 1 heterocycles. The Bertz CT molecular complexity index is 786. The molecule has 0 atom stereocenters. The molecule has 9 heteroatoms. The first-order valence-electron chi connectivity index (χ1n) is 5.78. The predicted molar refractivity (Wildman–Crippen MR) is 81.2 cm³/mol. The molecule has 0 radical (unpaired) electrons. The number of nitro groups is 1. The molecule has 0 aliphatic carbocycles. The van der Waals surface area contributed by atoms with Crippen LogP contribution in [0.3, 0.4) is 0 Å². The Hall–Kier alpha value is -1.48. The number of halogens is 1. The Kier molecular flexibility index (Phi) is 4.62. The maximum Gasteiger partial charge on any atom is 0.289 e. The summed E-state index contributed by atoms with van der Waals surface area (Å²) < 4.78 is 26.7. The third kappa shape index (κ3) is 3.59. The minimum Gasteiger partial charge on any atom is -0.258 e. The van der Waals surface area contributed by atoms with Gasteiger partial charge < -0.3 is 0 Å². The Morgan fingerprint density at radius 3 is 2.67 bits per heavy atom. The molecular weight excluding hydrogens is 336 g/mol. The molecule has 2 rings (SSSR count). The third-order valence-electron chi connectivity index (χ3n) is 2.82. The van der Waals surface area contributed by atoms with Crippen LogP contribution < -0.4 is 4.72 Å². The van der Waals surface area contributed by atoms with Crippen molar-refractivity contribution in [1.29, 1.82) is 0 Å². The van der Waals surface area contributed by atoms with Crippen LogP contribution >= 0.6 is 22.9 Å². The van der Waals surface area contributed by atoms with Crippen LogP contribution in [-0.4, -0.2) is 13.3 Å². The summed E-state index contributed by atoms with van der Waals surface area (Å²) >= 11 is 7.10. The lowest BCUT2D eigenvalue weighted by molar-refractivity contribution is -0.384. The van der Waals surface area contributed by atoms with Crippen LogP contribution in [0.15, 0.2) is 34.5 Å². The van der Waals surface area contributed by atoms with E-state index in [1.807, 2.05) is 18.4 Å². The number of nitro benzene ring substituents is 1. The Morgan fingerprint density at radius 1 is 1.38 bits per heavy atom. The molecule has 0 aliphatic heterocycles. The molecule has 21 heavy (non-hydrogen) atoms. The molecule has 6 nitrogen and oxygen atoms in total. The summed E-state index contributed by atoms with van der Waals surface area (Å²) in [6.07, 6.45) is 0. The van der Waals surface area contributed by atoms with Gasteiger partial charge in [0.2, 0.25) is 10.0 Å². The zero-order valence-corrected chi connectivity index (χ0v) is 13.3. The number of nitrogens with zero attached hydrogens (tertiary/aromatic N) is 1. The average Bonchev–Trinajstić information content (AvgIpc) is 2.82. The van der Waals surface area contributed by atoms with Gasteiger partial charge in [0.25, 0.3) is 5.69 Å². The highest BCUT2D eigenvalue weighted by molar-refractivity contribution is 7.89. The molecule has 0 bridgehead atoms. The van der Waals surface area contributed by atoms with Gasteiger partial charge in [-0.15, -0.1) is 11.3 Å². The van der Waals surface area contributed by atoms with E-state index in [-0.39, 0.29) is 16.5 Å². The van der Waals surface area contributed by atoms with Gasteiger partial charge in [-0.05, 0) is 36.1 Å². The first kappa shape index (κ1) is 15.9. The summed E-state index contributed by atoms with van der Waals surface area (Å²) in [6, 6.07) is 5.27. The average molecular weight is 347 g/mol. The van der Waals surface area contributed by atoms with Crippen molar-refractivity contribution in [1.82, 2.24) is 4.72 Å². The molecule has 2 aromatic rings. The van der Waals surface area contributed by atoms with E-state index in [2.05, 4.69) is 4.72 Å². The first-order valence-corrected chi connectivity index (χ1v) is 8.52. The first-order chi connectivity index (χ1) is 9.81. The topological polar surface area (TPSA) is 89.3 Å². The maximum absolute atomic E-state index is 12.2. The lowest BCUT2D eigenvalue weighted by Gasteiger charge is -2.07. The van der Waals surface area contributed by atoms with Crippen molar-refractivity contribution < 1.29 is 13.3 Å². The van der Waals surface area contributed by atoms with E-state index in [0.29, 0.717) is 0 Å². The van der Waals surface area contributed by atoms with Gasteiger partial charge in [-0.3, -0.25) is 10.1 Å². The summed E-state index contributed by atoms with van der Waals surface area (Å²) in [4.78, 5) is 10.8. The largest absolute Gasteiger partial charge is 0.289 e. The number of sulfonamides is 1. The van der Waals surface area contributed by atoms with Crippen molar-refractivity contribution >= 4 is 38.6 Å². The van der Waals surface area contributed by atoms with Crippen LogP contribution in [0.2, 0.25) is 5.02 Å². The van der Waals surface area contributed by atoms with Gasteiger partial charge in [-0.1, -0.05) is 11.6 Å². The van der Waals surface area contributed by atoms with Crippen LogP contribution in [0.5, 0.6) is 0 Å². The van der Waals surface area contributed by atoms with E-state index in [0.717, 1.165) is 16.5 Å². The molecule has 0 aliphatic rings. The highest BCUT2D eigenvalue weighted by Gasteiger charge is 2.20. The number of thiophene rings is 1. The van der Waals surface area contributed by atoms with Crippen molar-refractivity contribution in [3.05, 3.63) is 55.2 Å². The summed E-state index contributed by atoms with van der Waals surface area (Å²) in [5, 5.41) is 12.6. The number of aryl methyl sites for hydroxylation is 1. The van der Waals surface area contributed by atoms with E-state index < -0.39 is 20.6 Å². The van der Waals surface area contributed by atoms with Crippen LogP contribution in [0.4, 0.5) is 5.69 Å². The Labute approximate surface area is 130 Å². The smallest absolute Gasteiger partial charge is 0.258 e. The zero-order valence-electron chi connectivity index (χ0n) is 10.9. The second-order valence-electron chi connectivity index (χ2n) is 4.22. The van der Waals surface area contributed by atoms with Gasteiger partial charge in [0.05, 0.1) is 9.82 Å². The SMILES string of the molecule is Cc1ccsc1CNS(=O)(=O)c1ccc(Cl)c([N+](=O)[O-])c1. The maximum atomic E-state index is 12.2. The zero-order chi connectivity index (χ0) is 15.6. The molecule has 0 saturated carbocycles. The van der Waals surface area contributed by atoms with Crippen LogP contribution in [-0.2, 0) is 16.6 Å². The molecule has 0 amide bonds. The lowest BCUT2D eigenvalue weighted by atomic mass is 10.3. The van der Waals surface area contributed by atoms with Gasteiger partial charge in [0.15, 0.2) is 0 Å². The molecule has 0 fully saturated rings. The summed E-state index contributed by atoms with van der Waals surface area (Å²) in [7, 11) is -3.83. The normalized spacial score (nSPS) is 11.5. The number of nitrogens with one attached hydrogen (secondary N) is 1. The highest BCUT2D eigenvalue weighted by atomic mass is 35.5. The molecular formula is C12H11ClN2O4S2. The second kappa shape index (κ2) is 6.10. The van der Waals surface area contributed by atoms with E-state index in [9.17, 15) is 18.5 Å². The number of hydrogen-bond acceptors (Lipinski definition) is 5. The fourth-order valence-electron chi connectivity index (χ4n) is 1.63. The number of benzene rings is 1. The Morgan fingerprint density at radius 2 is 2.10 bits per heavy atom. The van der Waals surface area contributed by atoms with Crippen molar-refractivity contribution in [2.75, 3.05) is 0 Å². The van der Waals surface area contributed by atoms with Gasteiger partial charge in [0, 0.05) is 17.5 Å². The van der Waals surface area contributed by atoms with Crippen LogP contribution in [0.1, 0.15) is 10.4 Å².